The molecule has 1 aromatic carbocycles. The van der Waals surface area contributed by atoms with Crippen molar-refractivity contribution in [3.05, 3.63) is 28.2 Å². The van der Waals surface area contributed by atoms with E-state index >= 15 is 0 Å². The monoisotopic (exact) mass is 256 g/mol. The Kier molecular flexibility index (Phi) is 3.96. The summed E-state index contributed by atoms with van der Waals surface area (Å²) in [4.78, 5) is 0. The van der Waals surface area contributed by atoms with Crippen LogP contribution in [0.3, 0.4) is 0 Å². The molecule has 14 heavy (non-hydrogen) atoms. The van der Waals surface area contributed by atoms with E-state index < -0.39 is 0 Å². The van der Waals surface area contributed by atoms with Crippen molar-refractivity contribution >= 4 is 21.6 Å². The van der Waals surface area contributed by atoms with Crippen LogP contribution in [0.15, 0.2) is 22.7 Å². The van der Waals surface area contributed by atoms with Crippen molar-refractivity contribution in [1.29, 1.82) is 0 Å². The predicted molar refractivity (Wildman–Crippen MR) is 65.6 cm³/mol. The minimum absolute atomic E-state index is 0.147. The van der Waals surface area contributed by atoms with Gasteiger partial charge in [0, 0.05) is 22.2 Å². The Balaban J connectivity index is 2.82. The molecule has 0 fully saturated rings. The van der Waals surface area contributed by atoms with E-state index in [4.69, 9.17) is 5.73 Å². The predicted octanol–water partition coefficient (Wildman–Crippen LogP) is 2.91. The first kappa shape index (κ1) is 11.5. The number of nitrogens with one attached hydrogen (secondary N) is 1. The average molecular weight is 257 g/mol. The molecule has 3 heteroatoms. The molecule has 0 amide bonds. The van der Waals surface area contributed by atoms with Crippen LogP contribution in [0.25, 0.3) is 0 Å². The van der Waals surface area contributed by atoms with E-state index in [1.54, 1.807) is 0 Å². The summed E-state index contributed by atoms with van der Waals surface area (Å²) in [5, 5.41) is 3.40. The average Bonchev–Trinajstić information content (AvgIpc) is 2.12. The summed E-state index contributed by atoms with van der Waals surface area (Å²) in [5.74, 6) is 0. The fourth-order valence-corrected chi connectivity index (χ4v) is 1.51. The van der Waals surface area contributed by atoms with E-state index in [1.807, 2.05) is 19.1 Å². The van der Waals surface area contributed by atoms with Crippen molar-refractivity contribution in [2.45, 2.75) is 32.9 Å². The quantitative estimate of drug-likeness (QED) is 0.873. The first-order valence-electron chi connectivity index (χ1n) is 4.79. The molecule has 0 aromatic heterocycles. The topological polar surface area (TPSA) is 38.0 Å². The van der Waals surface area contributed by atoms with Gasteiger partial charge in [0.15, 0.2) is 0 Å². The lowest BCUT2D eigenvalue weighted by Crippen LogP contribution is -2.35. The third kappa shape index (κ3) is 2.72. The molecule has 78 valence electrons. The van der Waals surface area contributed by atoms with Crippen LogP contribution in [0.5, 0.6) is 0 Å². The third-order valence-corrected chi connectivity index (χ3v) is 3.30. The van der Waals surface area contributed by atoms with Crippen LogP contribution in [-0.2, 0) is 0 Å². The molecule has 0 bridgehead atoms. The molecule has 2 atom stereocenters. The van der Waals surface area contributed by atoms with E-state index in [9.17, 15) is 0 Å². The lowest BCUT2D eigenvalue weighted by Gasteiger charge is -2.20. The number of anilines is 1. The van der Waals surface area contributed by atoms with Crippen LogP contribution >= 0.6 is 15.9 Å². The van der Waals surface area contributed by atoms with Crippen molar-refractivity contribution in [3.63, 3.8) is 0 Å². The number of halogens is 1. The Morgan fingerprint density at radius 1 is 1.36 bits per heavy atom. The van der Waals surface area contributed by atoms with E-state index in [0.29, 0.717) is 0 Å². The first-order valence-corrected chi connectivity index (χ1v) is 5.59. The summed E-state index contributed by atoms with van der Waals surface area (Å²) in [7, 11) is 0. The van der Waals surface area contributed by atoms with Gasteiger partial charge in [-0.2, -0.15) is 0 Å². The minimum Gasteiger partial charge on any atom is -0.381 e. The van der Waals surface area contributed by atoms with Gasteiger partial charge in [0.2, 0.25) is 0 Å². The van der Waals surface area contributed by atoms with Crippen molar-refractivity contribution in [1.82, 2.24) is 0 Å². The highest BCUT2D eigenvalue weighted by Gasteiger charge is 2.08. The molecule has 0 saturated carbocycles. The van der Waals surface area contributed by atoms with Crippen molar-refractivity contribution in [3.8, 4) is 0 Å². The molecular weight excluding hydrogens is 240 g/mol. The van der Waals surface area contributed by atoms with Gasteiger partial charge in [-0.3, -0.25) is 0 Å². The van der Waals surface area contributed by atoms with Crippen molar-refractivity contribution in [2.75, 3.05) is 5.32 Å². The first-order chi connectivity index (χ1) is 6.52. The highest BCUT2D eigenvalue weighted by Crippen LogP contribution is 2.24. The Labute approximate surface area is 94.0 Å². The third-order valence-electron chi connectivity index (χ3n) is 2.44. The molecule has 0 spiro atoms. The molecule has 1 rings (SSSR count). The van der Waals surface area contributed by atoms with E-state index in [2.05, 4.69) is 41.2 Å². The molecule has 0 radical (unpaired) electrons. The molecule has 3 N–H and O–H groups in total. The highest BCUT2D eigenvalue weighted by molar-refractivity contribution is 9.10. The van der Waals surface area contributed by atoms with Crippen LogP contribution in [0.4, 0.5) is 5.69 Å². The Bertz CT molecular complexity index is 310. The summed E-state index contributed by atoms with van der Waals surface area (Å²) < 4.78 is 1.12. The van der Waals surface area contributed by atoms with Crippen LogP contribution < -0.4 is 11.1 Å². The van der Waals surface area contributed by atoms with Crippen LogP contribution in [0, 0.1) is 6.92 Å². The normalized spacial score (nSPS) is 14.9. The van der Waals surface area contributed by atoms with Crippen LogP contribution in [-0.4, -0.2) is 12.1 Å². The number of rotatable bonds is 3. The second-order valence-electron chi connectivity index (χ2n) is 3.70. The fraction of sp³-hybridized carbons (Fsp3) is 0.455. The molecule has 0 aliphatic heterocycles. The molecule has 0 aliphatic rings. The zero-order chi connectivity index (χ0) is 10.7. The number of hydrogen-bond acceptors (Lipinski definition) is 2. The summed E-state index contributed by atoms with van der Waals surface area (Å²) >= 11 is 3.50. The van der Waals surface area contributed by atoms with Crippen molar-refractivity contribution in [2.24, 2.45) is 5.73 Å². The van der Waals surface area contributed by atoms with Gasteiger partial charge in [0.05, 0.1) is 0 Å². The van der Waals surface area contributed by atoms with Crippen LogP contribution in [0.2, 0.25) is 0 Å². The molecule has 1 aromatic rings. The van der Waals surface area contributed by atoms with E-state index in [0.717, 1.165) is 10.2 Å². The minimum atomic E-state index is 0.147. The Morgan fingerprint density at radius 3 is 2.57 bits per heavy atom. The summed E-state index contributed by atoms with van der Waals surface area (Å²) in [5.41, 5.74) is 8.16. The van der Waals surface area contributed by atoms with Gasteiger partial charge < -0.3 is 11.1 Å². The zero-order valence-corrected chi connectivity index (χ0v) is 10.4. The maximum absolute atomic E-state index is 5.80. The maximum atomic E-state index is 5.80. The Hall–Kier alpha value is -0.540. The van der Waals surface area contributed by atoms with Gasteiger partial charge in [0.25, 0.3) is 0 Å². The van der Waals surface area contributed by atoms with Gasteiger partial charge in [-0.25, -0.2) is 0 Å². The standard InChI is InChI=1S/C11H17BrN2/c1-7-10(12)5-4-6-11(7)14-9(3)8(2)13/h4-6,8-9,14H,13H2,1-3H3. The van der Waals surface area contributed by atoms with Gasteiger partial charge in [-0.05, 0) is 38.5 Å². The highest BCUT2D eigenvalue weighted by atomic mass is 79.9. The largest absolute Gasteiger partial charge is 0.381 e. The number of benzene rings is 1. The fourth-order valence-electron chi connectivity index (χ4n) is 1.14. The SMILES string of the molecule is Cc1c(Br)cccc1NC(C)C(C)N. The lowest BCUT2D eigenvalue weighted by atomic mass is 10.1. The second kappa shape index (κ2) is 4.80. The van der Waals surface area contributed by atoms with E-state index in [-0.39, 0.29) is 12.1 Å². The summed E-state index contributed by atoms with van der Waals surface area (Å²) in [6.45, 7) is 6.18. The van der Waals surface area contributed by atoms with Gasteiger partial charge in [0.1, 0.15) is 0 Å². The molecule has 2 unspecified atom stereocenters. The number of hydrogen-bond donors (Lipinski definition) is 2. The Morgan fingerprint density at radius 2 is 2.00 bits per heavy atom. The van der Waals surface area contributed by atoms with E-state index in [1.165, 1.54) is 5.56 Å². The second-order valence-corrected chi connectivity index (χ2v) is 4.56. The van der Waals surface area contributed by atoms with Gasteiger partial charge >= 0.3 is 0 Å². The molecule has 2 nitrogen and oxygen atoms in total. The lowest BCUT2D eigenvalue weighted by molar-refractivity contribution is 0.638. The smallest absolute Gasteiger partial charge is 0.0383 e. The summed E-state index contributed by atoms with van der Waals surface area (Å²) in [6, 6.07) is 6.56. The maximum Gasteiger partial charge on any atom is 0.0383 e. The van der Waals surface area contributed by atoms with Gasteiger partial charge in [-0.15, -0.1) is 0 Å². The molecule has 0 saturated heterocycles. The summed E-state index contributed by atoms with van der Waals surface area (Å²) in [6.07, 6.45) is 0. The van der Waals surface area contributed by atoms with Gasteiger partial charge in [-0.1, -0.05) is 22.0 Å². The number of nitrogens with two attached hydrogens (primary N) is 1. The van der Waals surface area contributed by atoms with Crippen LogP contribution in [0.1, 0.15) is 19.4 Å². The molecular formula is C11H17BrN2. The zero-order valence-electron chi connectivity index (χ0n) is 8.84. The molecule has 0 heterocycles. The molecule has 0 aliphatic carbocycles. The van der Waals surface area contributed by atoms with Crippen molar-refractivity contribution < 1.29 is 0 Å².